The van der Waals surface area contributed by atoms with Gasteiger partial charge < -0.3 is 10.3 Å². The Hall–Kier alpha value is -1.95. The molecule has 0 saturated heterocycles. The van der Waals surface area contributed by atoms with Gasteiger partial charge in [0, 0.05) is 18.0 Å². The number of nitrogens with zero attached hydrogens (tertiary/aromatic N) is 3. The molecule has 0 aliphatic carbocycles. The summed E-state index contributed by atoms with van der Waals surface area (Å²) in [6, 6.07) is 4.61. The van der Waals surface area contributed by atoms with E-state index in [1.54, 1.807) is 6.07 Å². The van der Waals surface area contributed by atoms with Gasteiger partial charge in [-0.3, -0.25) is 0 Å². The molecule has 1 aromatic carbocycles. The van der Waals surface area contributed by atoms with Gasteiger partial charge >= 0.3 is 0 Å². The van der Waals surface area contributed by atoms with Crippen LogP contribution >= 0.6 is 11.3 Å². The van der Waals surface area contributed by atoms with E-state index in [2.05, 4.69) is 9.97 Å². The van der Waals surface area contributed by atoms with Crippen LogP contribution in [0.3, 0.4) is 0 Å². The number of benzene rings is 1. The largest absolute Gasteiger partial charge is 0.375 e. The number of imidazole rings is 1. The summed E-state index contributed by atoms with van der Waals surface area (Å²) in [6.45, 7) is 2.76. The molecule has 92 valence electrons. The van der Waals surface area contributed by atoms with Crippen LogP contribution in [0.4, 0.5) is 9.52 Å². The second-order valence-electron chi connectivity index (χ2n) is 3.88. The first-order valence-electron chi connectivity index (χ1n) is 5.56. The van der Waals surface area contributed by atoms with Gasteiger partial charge in [-0.2, -0.15) is 0 Å². The minimum absolute atomic E-state index is 0.285. The van der Waals surface area contributed by atoms with E-state index in [1.807, 2.05) is 16.9 Å². The Morgan fingerprint density at radius 3 is 2.89 bits per heavy atom. The molecule has 4 nitrogen and oxygen atoms in total. The normalized spacial score (nSPS) is 11.2. The first kappa shape index (κ1) is 11.2. The van der Waals surface area contributed by atoms with E-state index in [9.17, 15) is 4.39 Å². The predicted molar refractivity (Wildman–Crippen MR) is 70.9 cm³/mol. The van der Waals surface area contributed by atoms with Crippen molar-refractivity contribution >= 4 is 27.5 Å². The number of anilines is 1. The van der Waals surface area contributed by atoms with Gasteiger partial charge in [0.2, 0.25) is 0 Å². The first-order valence-corrected chi connectivity index (χ1v) is 6.44. The third kappa shape index (κ3) is 1.65. The van der Waals surface area contributed by atoms with Crippen LogP contribution in [0.25, 0.3) is 22.6 Å². The Kier molecular flexibility index (Phi) is 2.52. The van der Waals surface area contributed by atoms with Crippen LogP contribution in [-0.2, 0) is 6.54 Å². The molecule has 2 N–H and O–H groups in total. The monoisotopic (exact) mass is 262 g/mol. The molecule has 0 radical (unpaired) electrons. The maximum Gasteiger partial charge on any atom is 0.180 e. The molecular weight excluding hydrogens is 251 g/mol. The van der Waals surface area contributed by atoms with Crippen LogP contribution in [0, 0.1) is 5.82 Å². The molecule has 0 saturated carbocycles. The molecular formula is C12H11FN4S. The van der Waals surface area contributed by atoms with Gasteiger partial charge in [0.25, 0.3) is 0 Å². The number of nitrogen functional groups attached to an aromatic ring is 1. The SMILES string of the molecule is CCn1c(-c2csc(N)n2)nc2cc(F)ccc21. The lowest BCUT2D eigenvalue weighted by Crippen LogP contribution is -1.97. The van der Waals surface area contributed by atoms with E-state index in [0.717, 1.165) is 23.6 Å². The lowest BCUT2D eigenvalue weighted by atomic mass is 10.3. The highest BCUT2D eigenvalue weighted by Gasteiger charge is 2.14. The summed E-state index contributed by atoms with van der Waals surface area (Å²) in [6.07, 6.45) is 0. The number of rotatable bonds is 2. The molecule has 18 heavy (non-hydrogen) atoms. The predicted octanol–water partition coefficient (Wildman–Crippen LogP) is 2.90. The highest BCUT2D eigenvalue weighted by atomic mass is 32.1. The zero-order chi connectivity index (χ0) is 12.7. The third-order valence-electron chi connectivity index (χ3n) is 2.78. The summed E-state index contributed by atoms with van der Waals surface area (Å²) < 4.78 is 15.2. The number of hydrogen-bond acceptors (Lipinski definition) is 4. The fourth-order valence-corrected chi connectivity index (χ4v) is 2.55. The Morgan fingerprint density at radius 1 is 1.39 bits per heavy atom. The average Bonchev–Trinajstić information content (AvgIpc) is 2.91. The summed E-state index contributed by atoms with van der Waals surface area (Å²) in [4.78, 5) is 8.67. The molecule has 3 aromatic rings. The molecule has 0 unspecified atom stereocenters. The van der Waals surface area contributed by atoms with Gasteiger partial charge in [-0.1, -0.05) is 0 Å². The molecule has 2 heterocycles. The zero-order valence-corrected chi connectivity index (χ0v) is 10.5. The van der Waals surface area contributed by atoms with Crippen molar-refractivity contribution in [2.75, 3.05) is 5.73 Å². The van der Waals surface area contributed by atoms with Gasteiger partial charge in [-0.15, -0.1) is 11.3 Å². The van der Waals surface area contributed by atoms with Crippen molar-refractivity contribution in [1.82, 2.24) is 14.5 Å². The number of nitrogens with two attached hydrogens (primary N) is 1. The van der Waals surface area contributed by atoms with Gasteiger partial charge in [-0.25, -0.2) is 14.4 Å². The summed E-state index contributed by atoms with van der Waals surface area (Å²) in [5.74, 6) is 0.443. The number of thiazole rings is 1. The van der Waals surface area contributed by atoms with Crippen LogP contribution in [0.15, 0.2) is 23.6 Å². The molecule has 0 atom stereocenters. The number of aryl methyl sites for hydroxylation is 1. The Bertz CT molecular complexity index is 716. The standard InChI is InChI=1S/C12H11FN4S/c1-2-17-10-4-3-7(13)5-8(10)15-11(17)9-6-18-12(14)16-9/h3-6H,2H2,1H3,(H2,14,16). The van der Waals surface area contributed by atoms with Gasteiger partial charge in [-0.05, 0) is 19.1 Å². The van der Waals surface area contributed by atoms with Crippen LogP contribution < -0.4 is 5.73 Å². The van der Waals surface area contributed by atoms with Gasteiger partial charge in [0.1, 0.15) is 11.5 Å². The summed E-state index contributed by atoms with van der Waals surface area (Å²) >= 11 is 1.37. The van der Waals surface area contributed by atoms with Gasteiger partial charge in [0.15, 0.2) is 11.0 Å². The van der Waals surface area contributed by atoms with E-state index in [-0.39, 0.29) is 5.82 Å². The minimum atomic E-state index is -0.285. The second-order valence-corrected chi connectivity index (χ2v) is 4.77. The van der Waals surface area contributed by atoms with Crippen molar-refractivity contribution in [2.24, 2.45) is 0 Å². The van der Waals surface area contributed by atoms with Crippen molar-refractivity contribution in [3.63, 3.8) is 0 Å². The molecule has 2 aromatic heterocycles. The van der Waals surface area contributed by atoms with E-state index < -0.39 is 0 Å². The van der Waals surface area contributed by atoms with Crippen LogP contribution in [0.1, 0.15) is 6.92 Å². The van der Waals surface area contributed by atoms with E-state index in [4.69, 9.17) is 5.73 Å². The fourth-order valence-electron chi connectivity index (χ4n) is 2.01. The quantitative estimate of drug-likeness (QED) is 0.772. The van der Waals surface area contributed by atoms with Crippen molar-refractivity contribution in [3.05, 3.63) is 29.4 Å². The molecule has 6 heteroatoms. The van der Waals surface area contributed by atoms with Crippen molar-refractivity contribution in [2.45, 2.75) is 13.5 Å². The van der Waals surface area contributed by atoms with Crippen LogP contribution in [-0.4, -0.2) is 14.5 Å². The molecule has 0 bridgehead atoms. The molecule has 3 rings (SSSR count). The minimum Gasteiger partial charge on any atom is -0.375 e. The molecule has 0 aliphatic heterocycles. The Morgan fingerprint density at radius 2 is 2.22 bits per heavy atom. The topological polar surface area (TPSA) is 56.7 Å². The second kappa shape index (κ2) is 4.06. The fraction of sp³-hybridized carbons (Fsp3) is 0.167. The number of fused-ring (bicyclic) bond motifs is 1. The maximum atomic E-state index is 13.2. The highest BCUT2D eigenvalue weighted by Crippen LogP contribution is 2.27. The van der Waals surface area contributed by atoms with E-state index >= 15 is 0 Å². The zero-order valence-electron chi connectivity index (χ0n) is 9.72. The summed E-state index contributed by atoms with van der Waals surface area (Å²) in [7, 11) is 0. The van der Waals surface area contributed by atoms with Crippen LogP contribution in [0.2, 0.25) is 0 Å². The van der Waals surface area contributed by atoms with Gasteiger partial charge in [0.05, 0.1) is 11.0 Å². The smallest absolute Gasteiger partial charge is 0.180 e. The molecule has 0 aliphatic rings. The summed E-state index contributed by atoms with van der Waals surface area (Å²) in [5.41, 5.74) is 7.91. The van der Waals surface area contributed by atoms with E-state index in [0.29, 0.717) is 10.6 Å². The molecule has 0 fully saturated rings. The first-order chi connectivity index (χ1) is 8.69. The Labute approximate surface area is 107 Å². The maximum absolute atomic E-state index is 13.2. The van der Waals surface area contributed by atoms with Crippen molar-refractivity contribution in [1.29, 1.82) is 0 Å². The molecule has 0 spiro atoms. The number of hydrogen-bond donors (Lipinski definition) is 1. The molecule has 0 amide bonds. The third-order valence-corrected chi connectivity index (χ3v) is 3.45. The average molecular weight is 262 g/mol. The lowest BCUT2D eigenvalue weighted by Gasteiger charge is -2.03. The highest BCUT2D eigenvalue weighted by molar-refractivity contribution is 7.13. The summed E-state index contributed by atoms with van der Waals surface area (Å²) in [5, 5.41) is 2.37. The van der Waals surface area contributed by atoms with Crippen LogP contribution in [0.5, 0.6) is 0 Å². The van der Waals surface area contributed by atoms with Crippen molar-refractivity contribution < 1.29 is 4.39 Å². The number of halogens is 1. The lowest BCUT2D eigenvalue weighted by molar-refractivity contribution is 0.629. The van der Waals surface area contributed by atoms with Crippen molar-refractivity contribution in [3.8, 4) is 11.5 Å². The number of aromatic nitrogens is 3. The Balaban J connectivity index is 2.28. The van der Waals surface area contributed by atoms with E-state index in [1.165, 1.54) is 23.5 Å².